The molecule has 1 rings (SSSR count). The van der Waals surface area contributed by atoms with Gasteiger partial charge in [-0.1, -0.05) is 0 Å². The van der Waals surface area contributed by atoms with Crippen molar-refractivity contribution in [3.63, 3.8) is 0 Å². The summed E-state index contributed by atoms with van der Waals surface area (Å²) >= 11 is 0. The summed E-state index contributed by atoms with van der Waals surface area (Å²) in [7, 11) is 0. The van der Waals surface area contributed by atoms with E-state index >= 15 is 0 Å². The van der Waals surface area contributed by atoms with Crippen molar-refractivity contribution < 1.29 is 4.79 Å². The molecule has 1 fully saturated rings. The fourth-order valence-corrected chi connectivity index (χ4v) is 1.70. The van der Waals surface area contributed by atoms with Gasteiger partial charge in [-0.3, -0.25) is 4.79 Å². The van der Waals surface area contributed by atoms with Crippen molar-refractivity contribution in [2.24, 2.45) is 11.7 Å². The van der Waals surface area contributed by atoms with Crippen molar-refractivity contribution in [3.8, 4) is 0 Å². The molecule has 4 heteroatoms. The standard InChI is InChI=1S/C9H18N2O.ClH/c1-2-11-9(12)7-3-5-8(10)6-4-7;/h7-8H,2-6,10H2,1H3,(H,11,12);1H. The van der Waals surface area contributed by atoms with Crippen LogP contribution in [0.1, 0.15) is 32.6 Å². The van der Waals surface area contributed by atoms with Gasteiger partial charge >= 0.3 is 0 Å². The summed E-state index contributed by atoms with van der Waals surface area (Å²) in [4.78, 5) is 11.4. The first kappa shape index (κ1) is 12.7. The Hall–Kier alpha value is -0.280. The van der Waals surface area contributed by atoms with Gasteiger partial charge in [0.15, 0.2) is 0 Å². The first-order valence-electron chi connectivity index (χ1n) is 4.77. The number of halogens is 1. The molecule has 0 atom stereocenters. The van der Waals surface area contributed by atoms with E-state index in [1.165, 1.54) is 0 Å². The third-order valence-electron chi connectivity index (χ3n) is 2.49. The fourth-order valence-electron chi connectivity index (χ4n) is 1.70. The van der Waals surface area contributed by atoms with Gasteiger partial charge in [-0.2, -0.15) is 0 Å². The van der Waals surface area contributed by atoms with Crippen LogP contribution in [0.25, 0.3) is 0 Å². The molecular weight excluding hydrogens is 188 g/mol. The molecule has 3 N–H and O–H groups in total. The number of nitrogens with one attached hydrogen (secondary N) is 1. The highest BCUT2D eigenvalue weighted by atomic mass is 35.5. The predicted octanol–water partition coefficient (Wildman–Crippen LogP) is 1.06. The molecule has 0 aliphatic heterocycles. The zero-order chi connectivity index (χ0) is 8.97. The van der Waals surface area contributed by atoms with Crippen LogP contribution in [0.2, 0.25) is 0 Å². The van der Waals surface area contributed by atoms with Gasteiger partial charge in [0.05, 0.1) is 0 Å². The molecular formula is C9H19ClN2O. The van der Waals surface area contributed by atoms with Crippen LogP contribution in [0.4, 0.5) is 0 Å². The van der Waals surface area contributed by atoms with Gasteiger partial charge in [0, 0.05) is 18.5 Å². The van der Waals surface area contributed by atoms with E-state index in [1.54, 1.807) is 0 Å². The molecule has 0 aromatic rings. The second-order valence-corrected chi connectivity index (χ2v) is 3.51. The summed E-state index contributed by atoms with van der Waals surface area (Å²) in [5, 5.41) is 2.85. The molecule has 0 aromatic heterocycles. The molecule has 0 unspecified atom stereocenters. The second-order valence-electron chi connectivity index (χ2n) is 3.51. The molecule has 1 aliphatic rings. The lowest BCUT2D eigenvalue weighted by molar-refractivity contribution is -0.125. The molecule has 0 bridgehead atoms. The van der Waals surface area contributed by atoms with Crippen molar-refractivity contribution in [1.29, 1.82) is 0 Å². The predicted molar refractivity (Wildman–Crippen MR) is 55.9 cm³/mol. The minimum atomic E-state index is 0. The van der Waals surface area contributed by atoms with Crippen LogP contribution >= 0.6 is 12.4 Å². The Kier molecular flexibility index (Phi) is 6.08. The number of hydrogen-bond acceptors (Lipinski definition) is 2. The van der Waals surface area contributed by atoms with Crippen molar-refractivity contribution >= 4 is 18.3 Å². The Morgan fingerprint density at radius 2 is 1.92 bits per heavy atom. The van der Waals surface area contributed by atoms with Crippen molar-refractivity contribution in [3.05, 3.63) is 0 Å². The van der Waals surface area contributed by atoms with Crippen molar-refractivity contribution in [2.75, 3.05) is 6.54 Å². The second kappa shape index (κ2) is 6.22. The Morgan fingerprint density at radius 3 is 2.38 bits per heavy atom. The largest absolute Gasteiger partial charge is 0.356 e. The zero-order valence-corrected chi connectivity index (χ0v) is 8.90. The molecule has 0 heterocycles. The van der Waals surface area contributed by atoms with E-state index in [0.29, 0.717) is 6.04 Å². The van der Waals surface area contributed by atoms with Crippen LogP contribution in [0, 0.1) is 5.92 Å². The lowest BCUT2D eigenvalue weighted by atomic mass is 9.86. The Bertz CT molecular complexity index is 156. The molecule has 1 amide bonds. The van der Waals surface area contributed by atoms with Crippen LogP contribution in [0.15, 0.2) is 0 Å². The lowest BCUT2D eigenvalue weighted by Crippen LogP contribution is -2.36. The molecule has 1 aliphatic carbocycles. The average molecular weight is 207 g/mol. The molecule has 13 heavy (non-hydrogen) atoms. The molecule has 1 saturated carbocycles. The monoisotopic (exact) mass is 206 g/mol. The normalized spacial score (nSPS) is 27.5. The summed E-state index contributed by atoms with van der Waals surface area (Å²) in [6.45, 7) is 2.69. The maximum absolute atomic E-state index is 11.4. The van der Waals surface area contributed by atoms with Crippen molar-refractivity contribution in [1.82, 2.24) is 5.32 Å². The minimum absolute atomic E-state index is 0. The van der Waals surface area contributed by atoms with E-state index < -0.39 is 0 Å². The smallest absolute Gasteiger partial charge is 0.223 e. The number of carbonyl (C=O) groups is 1. The van der Waals surface area contributed by atoms with Gasteiger partial charge < -0.3 is 11.1 Å². The maximum Gasteiger partial charge on any atom is 0.223 e. The molecule has 0 spiro atoms. The summed E-state index contributed by atoms with van der Waals surface area (Å²) in [5.41, 5.74) is 5.74. The highest BCUT2D eigenvalue weighted by Gasteiger charge is 2.23. The zero-order valence-electron chi connectivity index (χ0n) is 8.08. The van der Waals surface area contributed by atoms with E-state index in [9.17, 15) is 4.79 Å². The summed E-state index contributed by atoms with van der Waals surface area (Å²) in [5.74, 6) is 0.439. The molecule has 0 aromatic carbocycles. The average Bonchev–Trinajstić information content (AvgIpc) is 2.06. The Morgan fingerprint density at radius 1 is 1.38 bits per heavy atom. The van der Waals surface area contributed by atoms with E-state index in [0.717, 1.165) is 32.2 Å². The topological polar surface area (TPSA) is 55.1 Å². The van der Waals surface area contributed by atoms with Crippen LogP contribution in [0.3, 0.4) is 0 Å². The third kappa shape index (κ3) is 3.96. The van der Waals surface area contributed by atoms with E-state index in [4.69, 9.17) is 5.73 Å². The summed E-state index contributed by atoms with van der Waals surface area (Å²) in [6.07, 6.45) is 3.93. The molecule has 0 saturated heterocycles. The van der Waals surface area contributed by atoms with Crippen LogP contribution in [-0.2, 0) is 4.79 Å². The third-order valence-corrected chi connectivity index (χ3v) is 2.49. The van der Waals surface area contributed by atoms with Gasteiger partial charge in [-0.15, -0.1) is 12.4 Å². The van der Waals surface area contributed by atoms with Gasteiger partial charge in [0.1, 0.15) is 0 Å². The number of amides is 1. The molecule has 78 valence electrons. The number of nitrogens with two attached hydrogens (primary N) is 1. The fraction of sp³-hybridized carbons (Fsp3) is 0.889. The maximum atomic E-state index is 11.4. The van der Waals surface area contributed by atoms with E-state index in [1.807, 2.05) is 6.92 Å². The number of rotatable bonds is 2. The number of carbonyl (C=O) groups excluding carboxylic acids is 1. The van der Waals surface area contributed by atoms with Crippen LogP contribution in [0.5, 0.6) is 0 Å². The summed E-state index contributed by atoms with van der Waals surface area (Å²) < 4.78 is 0. The number of hydrogen-bond donors (Lipinski definition) is 2. The van der Waals surface area contributed by atoms with Gasteiger partial charge in [0.25, 0.3) is 0 Å². The first-order chi connectivity index (χ1) is 5.74. The quantitative estimate of drug-likeness (QED) is 0.710. The highest BCUT2D eigenvalue weighted by Crippen LogP contribution is 2.22. The SMILES string of the molecule is CCNC(=O)C1CCC(N)CC1.Cl. The van der Waals surface area contributed by atoms with Crippen molar-refractivity contribution in [2.45, 2.75) is 38.6 Å². The summed E-state index contributed by atoms with van der Waals surface area (Å²) in [6, 6.07) is 0.329. The highest BCUT2D eigenvalue weighted by molar-refractivity contribution is 5.85. The first-order valence-corrected chi connectivity index (χ1v) is 4.77. The lowest BCUT2D eigenvalue weighted by Gasteiger charge is -2.24. The Balaban J connectivity index is 0.00000144. The van der Waals surface area contributed by atoms with E-state index in [2.05, 4.69) is 5.32 Å². The van der Waals surface area contributed by atoms with Gasteiger partial charge in [-0.25, -0.2) is 0 Å². The van der Waals surface area contributed by atoms with Gasteiger partial charge in [-0.05, 0) is 32.6 Å². The van der Waals surface area contributed by atoms with Crippen LogP contribution < -0.4 is 11.1 Å². The Labute approximate surface area is 85.9 Å². The van der Waals surface area contributed by atoms with E-state index in [-0.39, 0.29) is 24.2 Å². The minimum Gasteiger partial charge on any atom is -0.356 e. The van der Waals surface area contributed by atoms with Crippen LogP contribution in [-0.4, -0.2) is 18.5 Å². The van der Waals surface area contributed by atoms with Gasteiger partial charge in [0.2, 0.25) is 5.91 Å². The molecule has 0 radical (unpaired) electrons. The molecule has 3 nitrogen and oxygen atoms in total.